The van der Waals surface area contributed by atoms with Gasteiger partial charge in [-0.2, -0.15) is 0 Å². The third-order valence-electron chi connectivity index (χ3n) is 2.90. The van der Waals surface area contributed by atoms with Crippen molar-refractivity contribution in [3.8, 4) is 11.1 Å². The van der Waals surface area contributed by atoms with Gasteiger partial charge >= 0.3 is 0 Å². The van der Waals surface area contributed by atoms with Crippen LogP contribution in [0, 0.1) is 5.82 Å². The highest BCUT2D eigenvalue weighted by atomic mass is 79.9. The van der Waals surface area contributed by atoms with Crippen LogP contribution < -0.4 is 5.43 Å². The van der Waals surface area contributed by atoms with Crippen molar-refractivity contribution >= 4 is 26.9 Å². The SMILES string of the molecule is O=c1c(-c2ccccc2F)coc2ccc(Br)cc12. The molecule has 3 aromatic rings. The highest BCUT2D eigenvalue weighted by Crippen LogP contribution is 2.23. The van der Waals surface area contributed by atoms with Gasteiger partial charge in [-0.05, 0) is 24.3 Å². The summed E-state index contributed by atoms with van der Waals surface area (Å²) in [6.07, 6.45) is 1.30. The van der Waals surface area contributed by atoms with E-state index < -0.39 is 5.82 Å². The van der Waals surface area contributed by atoms with Gasteiger partial charge in [0, 0.05) is 10.0 Å². The molecule has 0 aliphatic carbocycles. The molecule has 4 heteroatoms. The number of hydrogen-bond donors (Lipinski definition) is 0. The molecule has 0 aliphatic rings. The number of benzene rings is 2. The molecule has 0 fully saturated rings. The van der Waals surface area contributed by atoms with Gasteiger partial charge < -0.3 is 4.42 Å². The fourth-order valence-corrected chi connectivity index (χ4v) is 2.33. The lowest BCUT2D eigenvalue weighted by atomic mass is 10.1. The summed E-state index contributed by atoms with van der Waals surface area (Å²) in [5.74, 6) is -0.441. The van der Waals surface area contributed by atoms with Crippen LogP contribution in [0.2, 0.25) is 0 Å². The van der Waals surface area contributed by atoms with Crippen LogP contribution in [-0.2, 0) is 0 Å². The van der Waals surface area contributed by atoms with E-state index in [0.717, 1.165) is 4.47 Å². The van der Waals surface area contributed by atoms with Crippen LogP contribution in [0.4, 0.5) is 4.39 Å². The largest absolute Gasteiger partial charge is 0.463 e. The lowest BCUT2D eigenvalue weighted by Gasteiger charge is -2.04. The van der Waals surface area contributed by atoms with Crippen LogP contribution in [0.1, 0.15) is 0 Å². The van der Waals surface area contributed by atoms with Gasteiger partial charge in [0.15, 0.2) is 0 Å². The summed E-state index contributed by atoms with van der Waals surface area (Å²) in [6.45, 7) is 0. The Balaban J connectivity index is 2.35. The smallest absolute Gasteiger partial charge is 0.200 e. The molecule has 0 N–H and O–H groups in total. The molecule has 2 aromatic carbocycles. The first-order valence-corrected chi connectivity index (χ1v) is 6.42. The van der Waals surface area contributed by atoms with Crippen molar-refractivity contribution in [3.63, 3.8) is 0 Å². The summed E-state index contributed by atoms with van der Waals surface area (Å²) in [7, 11) is 0. The molecule has 0 bridgehead atoms. The predicted octanol–water partition coefficient (Wildman–Crippen LogP) is 4.36. The fourth-order valence-electron chi connectivity index (χ4n) is 1.97. The Bertz CT molecular complexity index is 824. The van der Waals surface area contributed by atoms with E-state index >= 15 is 0 Å². The molecule has 0 spiro atoms. The van der Waals surface area contributed by atoms with Crippen LogP contribution in [-0.4, -0.2) is 0 Å². The average molecular weight is 319 g/mol. The molecule has 0 amide bonds. The summed E-state index contributed by atoms with van der Waals surface area (Å²) < 4.78 is 19.9. The Labute approximate surface area is 116 Å². The molecule has 0 saturated carbocycles. The monoisotopic (exact) mass is 318 g/mol. The molecular formula is C15H8BrFO2. The van der Waals surface area contributed by atoms with Gasteiger partial charge in [-0.15, -0.1) is 0 Å². The van der Waals surface area contributed by atoms with Crippen LogP contribution in [0.25, 0.3) is 22.1 Å². The number of fused-ring (bicyclic) bond motifs is 1. The quantitative estimate of drug-likeness (QED) is 0.667. The third-order valence-corrected chi connectivity index (χ3v) is 3.39. The molecule has 2 nitrogen and oxygen atoms in total. The van der Waals surface area contributed by atoms with E-state index in [1.54, 1.807) is 36.4 Å². The Kier molecular flexibility index (Phi) is 2.95. The molecule has 0 atom stereocenters. The summed E-state index contributed by atoms with van der Waals surface area (Å²) in [5, 5.41) is 0.426. The van der Waals surface area contributed by atoms with E-state index in [0.29, 0.717) is 11.0 Å². The molecule has 0 radical (unpaired) electrons. The van der Waals surface area contributed by atoms with E-state index in [-0.39, 0.29) is 16.6 Å². The van der Waals surface area contributed by atoms with Gasteiger partial charge in [0.25, 0.3) is 0 Å². The molecule has 3 rings (SSSR count). The first-order valence-electron chi connectivity index (χ1n) is 5.63. The van der Waals surface area contributed by atoms with E-state index in [1.807, 2.05) is 0 Å². The van der Waals surface area contributed by atoms with Gasteiger partial charge in [-0.25, -0.2) is 4.39 Å². The number of hydrogen-bond acceptors (Lipinski definition) is 2. The highest BCUT2D eigenvalue weighted by molar-refractivity contribution is 9.10. The number of halogens is 2. The second kappa shape index (κ2) is 4.63. The molecule has 1 aromatic heterocycles. The second-order valence-corrected chi connectivity index (χ2v) is 5.01. The van der Waals surface area contributed by atoms with E-state index in [1.165, 1.54) is 12.3 Å². The van der Waals surface area contributed by atoms with Gasteiger partial charge in [0.1, 0.15) is 17.7 Å². The zero-order valence-electron chi connectivity index (χ0n) is 9.69. The van der Waals surface area contributed by atoms with Crippen molar-refractivity contribution in [3.05, 3.63) is 69.2 Å². The van der Waals surface area contributed by atoms with Gasteiger partial charge in [-0.3, -0.25) is 4.79 Å². The van der Waals surface area contributed by atoms with Crippen LogP contribution in [0.5, 0.6) is 0 Å². The first kappa shape index (κ1) is 12.1. The van der Waals surface area contributed by atoms with Crippen LogP contribution in [0.15, 0.2) is 62.4 Å². The second-order valence-electron chi connectivity index (χ2n) is 4.10. The van der Waals surface area contributed by atoms with E-state index in [9.17, 15) is 9.18 Å². The lowest BCUT2D eigenvalue weighted by molar-refractivity contribution is 0.600. The Morgan fingerprint density at radius 2 is 1.84 bits per heavy atom. The van der Waals surface area contributed by atoms with Gasteiger partial charge in [-0.1, -0.05) is 34.1 Å². The Morgan fingerprint density at radius 3 is 2.63 bits per heavy atom. The predicted molar refractivity (Wildman–Crippen MR) is 75.6 cm³/mol. The lowest BCUT2D eigenvalue weighted by Crippen LogP contribution is -2.05. The van der Waals surface area contributed by atoms with Gasteiger partial charge in [0.05, 0.1) is 10.9 Å². The average Bonchev–Trinajstić information content (AvgIpc) is 2.41. The maximum atomic E-state index is 13.7. The van der Waals surface area contributed by atoms with Crippen molar-refractivity contribution in [2.75, 3.05) is 0 Å². The fraction of sp³-hybridized carbons (Fsp3) is 0. The van der Waals surface area contributed by atoms with Crippen molar-refractivity contribution in [2.45, 2.75) is 0 Å². The molecule has 0 aliphatic heterocycles. The molecule has 94 valence electrons. The van der Waals surface area contributed by atoms with Crippen molar-refractivity contribution in [2.24, 2.45) is 0 Å². The zero-order valence-corrected chi connectivity index (χ0v) is 11.3. The minimum Gasteiger partial charge on any atom is -0.463 e. The standard InChI is InChI=1S/C15H8BrFO2/c16-9-5-6-14-11(7-9)15(18)12(8-19-14)10-3-1-2-4-13(10)17/h1-8H. The summed E-state index contributed by atoms with van der Waals surface area (Å²) >= 11 is 3.31. The van der Waals surface area contributed by atoms with E-state index in [2.05, 4.69) is 15.9 Å². The molecule has 1 heterocycles. The zero-order chi connectivity index (χ0) is 13.4. The van der Waals surface area contributed by atoms with Crippen molar-refractivity contribution in [1.29, 1.82) is 0 Å². The van der Waals surface area contributed by atoms with Crippen molar-refractivity contribution in [1.82, 2.24) is 0 Å². The molecule has 19 heavy (non-hydrogen) atoms. The van der Waals surface area contributed by atoms with Crippen LogP contribution in [0.3, 0.4) is 0 Å². The minimum atomic E-state index is -0.441. The molecular weight excluding hydrogens is 311 g/mol. The summed E-state index contributed by atoms with van der Waals surface area (Å²) in [6, 6.07) is 11.3. The number of rotatable bonds is 1. The molecule has 0 unspecified atom stereocenters. The van der Waals surface area contributed by atoms with Crippen LogP contribution >= 0.6 is 15.9 Å². The van der Waals surface area contributed by atoms with Crippen molar-refractivity contribution < 1.29 is 8.81 Å². The Morgan fingerprint density at radius 1 is 1.05 bits per heavy atom. The Hall–Kier alpha value is -1.94. The topological polar surface area (TPSA) is 30.2 Å². The van der Waals surface area contributed by atoms with E-state index in [4.69, 9.17) is 4.42 Å². The maximum Gasteiger partial charge on any atom is 0.200 e. The summed E-state index contributed by atoms with van der Waals surface area (Å²) in [4.78, 5) is 12.4. The van der Waals surface area contributed by atoms with Gasteiger partial charge in [0.2, 0.25) is 5.43 Å². The first-order chi connectivity index (χ1) is 9.16. The third kappa shape index (κ3) is 2.08. The highest BCUT2D eigenvalue weighted by Gasteiger charge is 2.12. The minimum absolute atomic E-state index is 0.226. The normalized spacial score (nSPS) is 10.8. The summed E-state index contributed by atoms with van der Waals surface area (Å²) in [5.41, 5.74) is 0.711. The maximum absolute atomic E-state index is 13.7. The molecule has 0 saturated heterocycles.